The molecule has 8 nitrogen and oxygen atoms in total. The van der Waals surface area contributed by atoms with Crippen molar-refractivity contribution in [1.29, 1.82) is 0 Å². The lowest BCUT2D eigenvalue weighted by molar-refractivity contribution is -0.139. The smallest absolute Gasteiger partial charge is 0.314 e. The molecule has 0 saturated heterocycles. The number of aromatic nitrogens is 2. The number of nitrogens with one attached hydrogen (secondary N) is 1. The van der Waals surface area contributed by atoms with E-state index in [1.54, 1.807) is 0 Å². The predicted molar refractivity (Wildman–Crippen MR) is 98.5 cm³/mol. The van der Waals surface area contributed by atoms with Gasteiger partial charge in [-0.25, -0.2) is 0 Å². The molecule has 140 valence electrons. The first-order valence-electron chi connectivity index (χ1n) is 8.00. The Balaban J connectivity index is 1.96. The maximum absolute atomic E-state index is 12.1. The van der Waals surface area contributed by atoms with E-state index in [4.69, 9.17) is 9.15 Å². The van der Waals surface area contributed by atoms with Gasteiger partial charge in [-0.05, 0) is 12.8 Å². The molecule has 26 heavy (non-hydrogen) atoms. The second-order valence-electron chi connectivity index (χ2n) is 5.35. The zero-order valence-corrected chi connectivity index (χ0v) is 16.2. The van der Waals surface area contributed by atoms with Gasteiger partial charge in [0.15, 0.2) is 4.34 Å². The van der Waals surface area contributed by atoms with Crippen LogP contribution in [0.4, 0.5) is 5.13 Å². The van der Waals surface area contributed by atoms with Gasteiger partial charge in [-0.3, -0.25) is 14.4 Å². The Labute approximate surface area is 158 Å². The van der Waals surface area contributed by atoms with Crippen molar-refractivity contribution in [3.8, 4) is 5.75 Å². The van der Waals surface area contributed by atoms with Gasteiger partial charge in [-0.2, -0.15) is 0 Å². The fourth-order valence-corrected chi connectivity index (χ4v) is 3.69. The molecule has 0 aliphatic heterocycles. The number of carbonyl (C=O) groups is 2. The molecule has 2 aromatic rings. The largest absolute Gasteiger partial charge is 0.464 e. The zero-order valence-electron chi connectivity index (χ0n) is 14.6. The minimum absolute atomic E-state index is 0.112. The van der Waals surface area contributed by atoms with Crippen molar-refractivity contribution >= 4 is 40.1 Å². The maximum atomic E-state index is 12.1. The van der Waals surface area contributed by atoms with Crippen molar-refractivity contribution < 1.29 is 18.7 Å². The average Bonchev–Trinajstić information content (AvgIpc) is 3.03. The van der Waals surface area contributed by atoms with Crippen LogP contribution in [-0.2, 0) is 15.3 Å². The Hall–Kier alpha value is -2.20. The Morgan fingerprint density at radius 1 is 1.35 bits per heavy atom. The first-order valence-corrected chi connectivity index (χ1v) is 9.80. The van der Waals surface area contributed by atoms with Crippen LogP contribution in [0.5, 0.6) is 5.75 Å². The highest BCUT2D eigenvalue weighted by Gasteiger charge is 2.18. The Kier molecular flexibility index (Phi) is 7.34. The van der Waals surface area contributed by atoms with Crippen LogP contribution >= 0.6 is 23.1 Å². The minimum Gasteiger partial charge on any atom is -0.464 e. The van der Waals surface area contributed by atoms with Crippen LogP contribution in [0.15, 0.2) is 25.9 Å². The van der Waals surface area contributed by atoms with E-state index >= 15 is 0 Å². The molecular weight excluding hydrogens is 378 g/mol. The third kappa shape index (κ3) is 5.67. The summed E-state index contributed by atoms with van der Waals surface area (Å²) in [5.74, 6) is -0.228. The number of hydrogen-bond acceptors (Lipinski definition) is 9. The molecule has 0 atom stereocenters. The van der Waals surface area contributed by atoms with Crippen LogP contribution in [0.2, 0.25) is 0 Å². The normalized spacial score (nSPS) is 10.8. The number of amides is 1. The molecule has 0 saturated carbocycles. The van der Waals surface area contributed by atoms with Crippen LogP contribution in [0.3, 0.4) is 0 Å². The van der Waals surface area contributed by atoms with Crippen molar-refractivity contribution in [1.82, 2.24) is 10.2 Å². The number of rotatable bonds is 8. The molecule has 2 aromatic heterocycles. The van der Waals surface area contributed by atoms with Crippen molar-refractivity contribution in [2.45, 2.75) is 43.7 Å². The first kappa shape index (κ1) is 20.1. The maximum Gasteiger partial charge on any atom is 0.314 e. The summed E-state index contributed by atoms with van der Waals surface area (Å²) in [7, 11) is 0. The van der Waals surface area contributed by atoms with E-state index in [0.29, 0.717) is 33.8 Å². The summed E-state index contributed by atoms with van der Waals surface area (Å²) in [5, 5.41) is 10.7. The van der Waals surface area contributed by atoms with Crippen LogP contribution in [0.25, 0.3) is 0 Å². The molecule has 0 bridgehead atoms. The average molecular weight is 397 g/mol. The van der Waals surface area contributed by atoms with E-state index in [-0.39, 0.29) is 17.6 Å². The minimum atomic E-state index is -0.427. The number of hydrogen-bond donors (Lipinski definition) is 1. The highest BCUT2D eigenvalue weighted by molar-refractivity contribution is 8.00. The molecule has 0 spiro atoms. The Bertz CT molecular complexity index is 829. The summed E-state index contributed by atoms with van der Waals surface area (Å²) < 4.78 is 11.1. The van der Waals surface area contributed by atoms with Gasteiger partial charge in [0, 0.05) is 13.0 Å². The molecule has 0 unspecified atom stereocenters. The zero-order chi connectivity index (χ0) is 19.1. The monoisotopic (exact) mass is 397 g/mol. The third-order valence-corrected chi connectivity index (χ3v) is 5.40. The number of nitrogens with zero attached hydrogens (tertiary/aromatic N) is 2. The van der Waals surface area contributed by atoms with E-state index in [1.165, 1.54) is 36.1 Å². The number of esters is 1. The second-order valence-corrected chi connectivity index (χ2v) is 7.55. The lowest BCUT2D eigenvalue weighted by Gasteiger charge is -2.10. The molecule has 0 aliphatic rings. The lowest BCUT2D eigenvalue weighted by atomic mass is 10.0. The summed E-state index contributed by atoms with van der Waals surface area (Å²) in [6.07, 6.45) is 2.46. The van der Waals surface area contributed by atoms with Crippen LogP contribution < -0.4 is 15.5 Å². The van der Waals surface area contributed by atoms with E-state index in [1.807, 2.05) is 13.8 Å². The van der Waals surface area contributed by atoms with Gasteiger partial charge < -0.3 is 14.5 Å². The fourth-order valence-electron chi connectivity index (χ4n) is 2.00. The van der Waals surface area contributed by atoms with Crippen molar-refractivity contribution in [3.05, 3.63) is 28.3 Å². The van der Waals surface area contributed by atoms with Crippen LogP contribution in [0, 0.1) is 5.92 Å². The molecule has 1 N–H and O–H groups in total. The Morgan fingerprint density at radius 2 is 2.08 bits per heavy atom. The van der Waals surface area contributed by atoms with E-state index in [9.17, 15) is 14.4 Å². The van der Waals surface area contributed by atoms with E-state index in [0.717, 1.165) is 6.26 Å². The van der Waals surface area contributed by atoms with Crippen molar-refractivity contribution in [2.75, 3.05) is 5.32 Å². The van der Waals surface area contributed by atoms with Crippen molar-refractivity contribution in [3.63, 3.8) is 0 Å². The van der Waals surface area contributed by atoms with Crippen molar-refractivity contribution in [2.24, 2.45) is 5.92 Å². The molecule has 1 amide bonds. The highest BCUT2D eigenvalue weighted by atomic mass is 32.2. The Morgan fingerprint density at radius 3 is 2.69 bits per heavy atom. The first-order chi connectivity index (χ1) is 12.4. The SMILES string of the molecule is CCC(CC)C(=O)Oc1coc(CSc2nnc(NC(C)=O)s2)cc1=O. The predicted octanol–water partition coefficient (Wildman–Crippen LogP) is 3.08. The third-order valence-electron chi connectivity index (χ3n) is 3.41. The summed E-state index contributed by atoms with van der Waals surface area (Å²) in [4.78, 5) is 35.0. The molecule has 10 heteroatoms. The molecule has 0 fully saturated rings. The van der Waals surface area contributed by atoms with E-state index in [2.05, 4.69) is 15.5 Å². The second kappa shape index (κ2) is 9.48. The quantitative estimate of drug-likeness (QED) is 0.411. The number of anilines is 1. The van der Waals surface area contributed by atoms with Gasteiger partial charge in [-0.1, -0.05) is 36.9 Å². The highest BCUT2D eigenvalue weighted by Crippen LogP contribution is 2.28. The van der Waals surface area contributed by atoms with E-state index < -0.39 is 11.4 Å². The van der Waals surface area contributed by atoms with Crippen LogP contribution in [0.1, 0.15) is 39.4 Å². The standard InChI is InChI=1S/C16H19N3O5S2/c1-4-10(5-2)14(22)24-13-7-23-11(6-12(13)21)8-25-16-19-18-15(26-16)17-9(3)20/h6-7,10H,4-5,8H2,1-3H3,(H,17,18,20). The van der Waals surface area contributed by atoms with Gasteiger partial charge >= 0.3 is 5.97 Å². The lowest BCUT2D eigenvalue weighted by Crippen LogP contribution is -2.22. The molecular formula is C16H19N3O5S2. The number of ether oxygens (including phenoxy) is 1. The van der Waals surface area contributed by atoms with Gasteiger partial charge in [0.1, 0.15) is 12.0 Å². The molecule has 2 rings (SSSR count). The summed E-state index contributed by atoms with van der Waals surface area (Å²) >= 11 is 2.54. The van der Waals surface area contributed by atoms with Gasteiger partial charge in [0.2, 0.25) is 22.2 Å². The van der Waals surface area contributed by atoms with Gasteiger partial charge in [0.25, 0.3) is 0 Å². The molecule has 0 aromatic carbocycles. The topological polar surface area (TPSA) is 111 Å². The summed E-state index contributed by atoms with van der Waals surface area (Å²) in [6, 6.07) is 1.29. The van der Waals surface area contributed by atoms with Gasteiger partial charge in [-0.15, -0.1) is 10.2 Å². The number of thioether (sulfide) groups is 1. The van der Waals surface area contributed by atoms with Gasteiger partial charge in [0.05, 0.1) is 11.7 Å². The summed E-state index contributed by atoms with van der Waals surface area (Å²) in [6.45, 7) is 5.17. The fraction of sp³-hybridized carbons (Fsp3) is 0.438. The molecule has 0 aliphatic carbocycles. The summed E-state index contributed by atoms with van der Waals surface area (Å²) in [5.41, 5.74) is -0.414. The van der Waals surface area contributed by atoms with Crippen LogP contribution in [-0.4, -0.2) is 22.1 Å². The molecule has 0 radical (unpaired) electrons. The molecule has 2 heterocycles. The number of carbonyl (C=O) groups excluding carboxylic acids is 2.